The number of methoxy groups -OCH3 is 1. The molecule has 0 radical (unpaired) electrons. The molecule has 11 nitrogen and oxygen atoms in total. The fraction of sp³-hybridized carbons (Fsp3) is 0.276. The average molecular weight is 646 g/mol. The molecule has 2 heterocycles. The maximum absolute atomic E-state index is 13.5. The van der Waals surface area contributed by atoms with Crippen LogP contribution >= 0.6 is 22.7 Å². The molecule has 2 amide bonds. The molecule has 0 bridgehead atoms. The van der Waals surface area contributed by atoms with E-state index in [1.54, 1.807) is 23.5 Å². The van der Waals surface area contributed by atoms with Crippen molar-refractivity contribution in [3.8, 4) is 9.88 Å². The van der Waals surface area contributed by atoms with Crippen molar-refractivity contribution in [1.29, 1.82) is 0 Å². The number of nitrogens with zero attached hydrogens (tertiary/aromatic N) is 2. The number of ether oxygens (including phenoxy) is 1. The highest BCUT2D eigenvalue weighted by Crippen LogP contribution is 2.31. The minimum Gasteiger partial charge on any atom is -0.453 e. The molecule has 0 aliphatic carbocycles. The van der Waals surface area contributed by atoms with Crippen molar-refractivity contribution in [3.63, 3.8) is 0 Å². The molecule has 0 aliphatic heterocycles. The van der Waals surface area contributed by atoms with Crippen LogP contribution in [0.2, 0.25) is 0 Å². The number of benzene rings is 2. The molecule has 4 aromatic rings. The van der Waals surface area contributed by atoms with Gasteiger partial charge in [-0.15, -0.1) is 22.7 Å². The molecule has 0 fully saturated rings. The maximum Gasteiger partial charge on any atom is 0.407 e. The van der Waals surface area contributed by atoms with E-state index in [2.05, 4.69) is 10.6 Å². The van der Waals surface area contributed by atoms with Gasteiger partial charge in [-0.05, 0) is 62.3 Å². The van der Waals surface area contributed by atoms with Crippen LogP contribution in [0.3, 0.4) is 0 Å². The van der Waals surface area contributed by atoms with Gasteiger partial charge < -0.3 is 20.3 Å². The van der Waals surface area contributed by atoms with Gasteiger partial charge in [0.25, 0.3) is 0 Å². The Morgan fingerprint density at radius 3 is 2.16 bits per heavy atom. The summed E-state index contributed by atoms with van der Waals surface area (Å²) in [4.78, 5) is 33.3. The summed E-state index contributed by atoms with van der Waals surface area (Å²) in [5, 5.41) is 10.3. The van der Waals surface area contributed by atoms with Gasteiger partial charge in [0.05, 0.1) is 29.4 Å². The first-order valence-electron chi connectivity index (χ1n) is 13.1. The summed E-state index contributed by atoms with van der Waals surface area (Å²) in [6, 6.07) is 18.2. The van der Waals surface area contributed by atoms with Gasteiger partial charge >= 0.3 is 16.4 Å². The Morgan fingerprint density at radius 1 is 0.930 bits per heavy atom. The molecule has 0 unspecified atom stereocenters. The van der Waals surface area contributed by atoms with E-state index >= 15 is 0 Å². The van der Waals surface area contributed by atoms with Crippen molar-refractivity contribution >= 4 is 50.7 Å². The van der Waals surface area contributed by atoms with Crippen molar-refractivity contribution in [2.45, 2.75) is 24.9 Å². The SMILES string of the molecule is CN(C)C.COC(=O)N[C@@H](Cc1ccccc1)C(=O)N[C@@H](Cc1ccc(NS(=O)(=O)O)cc1)c1csc(-c2cccs2)n1. The molecule has 0 saturated heterocycles. The second kappa shape index (κ2) is 16.1. The highest BCUT2D eigenvalue weighted by atomic mass is 32.2. The number of carbonyl (C=O) groups is 2. The van der Waals surface area contributed by atoms with Crippen molar-refractivity contribution < 1.29 is 27.3 Å². The summed E-state index contributed by atoms with van der Waals surface area (Å²) >= 11 is 3.02. The quantitative estimate of drug-likeness (QED) is 0.173. The monoisotopic (exact) mass is 645 g/mol. The second-order valence-corrected chi connectivity index (χ2v) is 12.8. The summed E-state index contributed by atoms with van der Waals surface area (Å²) < 4.78 is 38.0. The Hall–Kier alpha value is -3.82. The molecule has 2 aromatic heterocycles. The Labute approximate surface area is 259 Å². The largest absolute Gasteiger partial charge is 0.453 e. The summed E-state index contributed by atoms with van der Waals surface area (Å²) in [5.41, 5.74) is 2.49. The summed E-state index contributed by atoms with van der Waals surface area (Å²) in [7, 11) is 2.84. The van der Waals surface area contributed by atoms with Crippen LogP contribution in [0.25, 0.3) is 9.88 Å². The number of rotatable bonds is 11. The lowest BCUT2D eigenvalue weighted by Gasteiger charge is -2.23. The van der Waals surface area contributed by atoms with E-state index in [-0.39, 0.29) is 12.1 Å². The van der Waals surface area contributed by atoms with Crippen LogP contribution in [-0.2, 0) is 32.7 Å². The van der Waals surface area contributed by atoms with Crippen molar-refractivity contribution in [3.05, 3.63) is 94.3 Å². The zero-order valence-electron chi connectivity index (χ0n) is 24.2. The lowest BCUT2D eigenvalue weighted by atomic mass is 10.0. The van der Waals surface area contributed by atoms with E-state index < -0.39 is 34.4 Å². The number of anilines is 1. The van der Waals surface area contributed by atoms with Crippen LogP contribution in [0, 0.1) is 0 Å². The molecule has 0 spiro atoms. The van der Waals surface area contributed by atoms with Gasteiger partial charge in [0.15, 0.2) is 0 Å². The Bertz CT molecular complexity index is 1540. The molecule has 0 aliphatic rings. The first-order valence-corrected chi connectivity index (χ1v) is 16.3. The topological polar surface area (TPSA) is 150 Å². The van der Waals surface area contributed by atoms with Gasteiger partial charge in [-0.2, -0.15) is 8.42 Å². The van der Waals surface area contributed by atoms with Gasteiger partial charge in [0.1, 0.15) is 11.0 Å². The minimum atomic E-state index is -4.40. The maximum atomic E-state index is 13.5. The Balaban J connectivity index is 0.00000119. The van der Waals surface area contributed by atoms with E-state index in [4.69, 9.17) is 14.3 Å². The molecule has 4 N–H and O–H groups in total. The highest BCUT2D eigenvalue weighted by molar-refractivity contribution is 7.87. The van der Waals surface area contributed by atoms with Crippen LogP contribution in [0.1, 0.15) is 22.9 Å². The minimum absolute atomic E-state index is 0.195. The van der Waals surface area contributed by atoms with Gasteiger partial charge in [-0.3, -0.25) is 14.1 Å². The van der Waals surface area contributed by atoms with Crippen LogP contribution in [0.5, 0.6) is 0 Å². The van der Waals surface area contributed by atoms with Crippen LogP contribution < -0.4 is 15.4 Å². The van der Waals surface area contributed by atoms with Gasteiger partial charge in [0.2, 0.25) is 5.91 Å². The first kappa shape index (κ1) is 33.7. The van der Waals surface area contributed by atoms with Gasteiger partial charge in [-0.25, -0.2) is 9.78 Å². The average Bonchev–Trinajstić information content (AvgIpc) is 3.65. The Morgan fingerprint density at radius 2 is 1.58 bits per heavy atom. The lowest BCUT2D eigenvalue weighted by Crippen LogP contribution is -2.49. The number of nitrogens with one attached hydrogen (secondary N) is 3. The van der Waals surface area contributed by atoms with E-state index in [0.29, 0.717) is 12.1 Å². The molecule has 230 valence electrons. The van der Waals surface area contributed by atoms with Gasteiger partial charge in [-0.1, -0.05) is 48.5 Å². The van der Waals surface area contributed by atoms with E-state index in [0.717, 1.165) is 21.0 Å². The third-order valence-electron chi connectivity index (χ3n) is 5.64. The van der Waals surface area contributed by atoms with Crippen molar-refractivity contribution in [2.75, 3.05) is 33.0 Å². The fourth-order valence-electron chi connectivity index (χ4n) is 3.82. The number of amides is 2. The smallest absolute Gasteiger partial charge is 0.407 e. The summed E-state index contributed by atoms with van der Waals surface area (Å²) in [6.45, 7) is 0. The lowest BCUT2D eigenvalue weighted by molar-refractivity contribution is -0.123. The van der Waals surface area contributed by atoms with Gasteiger partial charge in [0, 0.05) is 11.8 Å². The van der Waals surface area contributed by atoms with Crippen molar-refractivity contribution in [2.24, 2.45) is 0 Å². The zero-order valence-corrected chi connectivity index (χ0v) is 26.6. The fourth-order valence-corrected chi connectivity index (χ4v) is 5.94. The predicted molar refractivity (Wildman–Crippen MR) is 171 cm³/mol. The number of thiazole rings is 1. The number of hydrogen-bond acceptors (Lipinski definition) is 9. The first-order chi connectivity index (χ1) is 20.4. The normalized spacial score (nSPS) is 12.4. The molecule has 0 saturated carbocycles. The molecule has 43 heavy (non-hydrogen) atoms. The molecular formula is C29H35N5O6S3. The van der Waals surface area contributed by atoms with E-state index in [9.17, 15) is 18.0 Å². The molecule has 4 rings (SSSR count). The number of alkyl carbamates (subject to hydrolysis) is 1. The molecular weight excluding hydrogens is 611 g/mol. The van der Waals surface area contributed by atoms with E-state index in [1.807, 2.05) is 84.0 Å². The number of carbonyl (C=O) groups excluding carboxylic acids is 2. The predicted octanol–water partition coefficient (Wildman–Crippen LogP) is 4.63. The van der Waals surface area contributed by atoms with Crippen LogP contribution in [0.4, 0.5) is 10.5 Å². The standard InChI is InChI=1S/C26H26N4O6S3.C3H9N/c1-36-26(32)29-21(15-17-6-3-2-4-7-17)24(31)27-20(22-16-38-25(28-22)23-8-5-13-37-23)14-18-9-11-19(12-10-18)30-39(33,34)35;1-4(2)3/h2-13,16,20-21,30H,14-15H2,1H3,(H,27,31)(H,29,32)(H,33,34,35);1-3H3/t20-,21-;/m0./s1. The van der Waals surface area contributed by atoms with Crippen LogP contribution in [-0.4, -0.2) is 69.1 Å². The Kier molecular flexibility index (Phi) is 12.6. The second-order valence-electron chi connectivity index (χ2n) is 9.81. The summed E-state index contributed by atoms with van der Waals surface area (Å²) in [6.07, 6.45) is -0.137. The number of thiophene rings is 1. The number of hydrogen-bond donors (Lipinski definition) is 4. The molecule has 14 heteroatoms. The van der Waals surface area contributed by atoms with E-state index in [1.165, 1.54) is 30.6 Å². The molecule has 2 atom stereocenters. The van der Waals surface area contributed by atoms with Crippen molar-refractivity contribution in [1.82, 2.24) is 20.5 Å². The molecule has 2 aromatic carbocycles. The van der Waals surface area contributed by atoms with Crippen LogP contribution in [0.15, 0.2) is 77.5 Å². The number of aromatic nitrogens is 1. The summed E-state index contributed by atoms with van der Waals surface area (Å²) in [5.74, 6) is -0.412. The highest BCUT2D eigenvalue weighted by Gasteiger charge is 2.26. The third kappa shape index (κ3) is 11.8. The third-order valence-corrected chi connectivity index (χ3v) is 8.04. The zero-order chi connectivity index (χ0) is 31.4.